The van der Waals surface area contributed by atoms with Crippen LogP contribution in [0.1, 0.15) is 15.9 Å². The summed E-state index contributed by atoms with van der Waals surface area (Å²) in [6.07, 6.45) is 0. The fourth-order valence-electron chi connectivity index (χ4n) is 1.63. The number of hydrogen-bond acceptors (Lipinski definition) is 2. The molecular weight excluding hydrogens is 439 g/mol. The van der Waals surface area contributed by atoms with Crippen LogP contribution >= 0.6 is 55.7 Å². The summed E-state index contributed by atoms with van der Waals surface area (Å²) in [7, 11) is 0. The maximum absolute atomic E-state index is 12.3. The molecule has 0 atom stereocenters. The molecule has 0 spiro atoms. The maximum atomic E-state index is 12.3. The van der Waals surface area contributed by atoms with Gasteiger partial charge in [0.15, 0.2) is 0 Å². The highest BCUT2D eigenvalue weighted by Crippen LogP contribution is 2.26. The largest absolute Gasteiger partial charge is 0.389 e. The molecule has 2 aromatic rings. The van der Waals surface area contributed by atoms with Crippen LogP contribution in [-0.2, 0) is 0 Å². The molecule has 2 rings (SSSR count). The molecule has 108 valence electrons. The van der Waals surface area contributed by atoms with Crippen molar-refractivity contribution in [2.75, 3.05) is 5.32 Å². The molecule has 0 radical (unpaired) electrons. The lowest BCUT2D eigenvalue weighted by molar-refractivity contribution is 0.102. The predicted octanol–water partition coefficient (Wildman–Crippen LogP) is 4.75. The lowest BCUT2D eigenvalue weighted by atomic mass is 10.2. The molecule has 0 fully saturated rings. The van der Waals surface area contributed by atoms with E-state index in [0.717, 1.165) is 5.56 Å². The van der Waals surface area contributed by atoms with E-state index in [9.17, 15) is 4.79 Å². The van der Waals surface area contributed by atoms with E-state index in [-0.39, 0.29) is 5.91 Å². The monoisotopic (exact) mass is 446 g/mol. The number of amides is 1. The zero-order valence-electron chi connectivity index (χ0n) is 10.5. The number of thiocarbonyl (C=S) groups is 1. The summed E-state index contributed by atoms with van der Waals surface area (Å²) in [5, 5.41) is 3.29. The molecule has 3 N–H and O–H groups in total. The third kappa shape index (κ3) is 4.03. The highest BCUT2D eigenvalue weighted by molar-refractivity contribution is 9.11. The Kier molecular flexibility index (Phi) is 5.37. The Morgan fingerprint density at radius 1 is 1.14 bits per heavy atom. The third-order valence-electron chi connectivity index (χ3n) is 2.67. The van der Waals surface area contributed by atoms with Crippen LogP contribution in [0.3, 0.4) is 0 Å². The van der Waals surface area contributed by atoms with Gasteiger partial charge in [-0.3, -0.25) is 4.79 Å². The average molecular weight is 449 g/mol. The molecule has 0 aliphatic rings. The molecule has 0 aliphatic carbocycles. The summed E-state index contributed by atoms with van der Waals surface area (Å²) in [6, 6.07) is 10.3. The van der Waals surface area contributed by atoms with Gasteiger partial charge in [-0.15, -0.1) is 0 Å². The number of nitrogens with one attached hydrogen (secondary N) is 1. The second-order valence-corrected chi connectivity index (χ2v) is 6.72. The summed E-state index contributed by atoms with van der Waals surface area (Å²) < 4.78 is 1.36. The molecule has 0 bridgehead atoms. The van der Waals surface area contributed by atoms with E-state index in [4.69, 9.17) is 29.6 Å². The molecule has 0 aromatic heterocycles. The molecule has 1 amide bonds. The highest BCUT2D eigenvalue weighted by Gasteiger charge is 2.13. The molecular formula is C14H9Br2ClN2OS. The quantitative estimate of drug-likeness (QED) is 0.666. The Hall–Kier alpha value is -0.950. The van der Waals surface area contributed by atoms with Crippen molar-refractivity contribution in [2.24, 2.45) is 5.73 Å². The molecule has 2 aromatic carbocycles. The molecule has 0 saturated heterocycles. The lowest BCUT2D eigenvalue weighted by Gasteiger charge is -2.10. The summed E-state index contributed by atoms with van der Waals surface area (Å²) in [5.74, 6) is -0.270. The topological polar surface area (TPSA) is 55.1 Å². The third-order valence-corrected chi connectivity index (χ3v) is 4.49. The van der Waals surface area contributed by atoms with Crippen molar-refractivity contribution in [2.45, 2.75) is 0 Å². The predicted molar refractivity (Wildman–Crippen MR) is 97.1 cm³/mol. The second-order valence-electron chi connectivity index (χ2n) is 4.14. The van der Waals surface area contributed by atoms with Gasteiger partial charge < -0.3 is 11.1 Å². The zero-order chi connectivity index (χ0) is 15.6. The van der Waals surface area contributed by atoms with Crippen LogP contribution in [0, 0.1) is 0 Å². The van der Waals surface area contributed by atoms with Gasteiger partial charge in [-0.05, 0) is 68.3 Å². The van der Waals surface area contributed by atoms with Gasteiger partial charge in [-0.25, -0.2) is 0 Å². The van der Waals surface area contributed by atoms with Gasteiger partial charge in [0.05, 0.1) is 11.3 Å². The van der Waals surface area contributed by atoms with Crippen molar-refractivity contribution in [3.63, 3.8) is 0 Å². The maximum Gasteiger partial charge on any atom is 0.256 e. The van der Waals surface area contributed by atoms with Crippen molar-refractivity contribution >= 4 is 72.3 Å². The number of carbonyl (C=O) groups excluding carboxylic acids is 1. The normalized spacial score (nSPS) is 10.2. The first-order valence-corrected chi connectivity index (χ1v) is 8.11. The zero-order valence-corrected chi connectivity index (χ0v) is 15.2. The smallest absolute Gasteiger partial charge is 0.256 e. The first-order chi connectivity index (χ1) is 9.88. The number of halogens is 3. The minimum absolute atomic E-state index is 0.270. The summed E-state index contributed by atoms with van der Waals surface area (Å²) >= 11 is 17.5. The molecule has 7 heteroatoms. The van der Waals surface area contributed by atoms with Gasteiger partial charge in [0.2, 0.25) is 0 Å². The van der Waals surface area contributed by atoms with Gasteiger partial charge in [0.25, 0.3) is 5.91 Å². The van der Waals surface area contributed by atoms with E-state index in [0.29, 0.717) is 30.2 Å². The molecule has 0 saturated carbocycles. The van der Waals surface area contributed by atoms with Crippen LogP contribution in [0.15, 0.2) is 45.3 Å². The van der Waals surface area contributed by atoms with Crippen LogP contribution < -0.4 is 11.1 Å². The van der Waals surface area contributed by atoms with Gasteiger partial charge >= 0.3 is 0 Å². The molecule has 0 unspecified atom stereocenters. The Bertz CT molecular complexity index is 737. The minimum atomic E-state index is -0.270. The number of carbonyl (C=O) groups is 1. The van der Waals surface area contributed by atoms with E-state index in [1.807, 2.05) is 0 Å². The van der Waals surface area contributed by atoms with Crippen molar-refractivity contribution in [1.82, 2.24) is 0 Å². The van der Waals surface area contributed by atoms with Crippen LogP contribution in [0.4, 0.5) is 5.69 Å². The van der Waals surface area contributed by atoms with E-state index >= 15 is 0 Å². The van der Waals surface area contributed by atoms with Crippen molar-refractivity contribution in [3.8, 4) is 0 Å². The fraction of sp³-hybridized carbons (Fsp3) is 0. The van der Waals surface area contributed by atoms with Gasteiger partial charge in [-0.1, -0.05) is 23.8 Å². The SMILES string of the molecule is NC(=S)c1ccc(NC(=O)c2cc(Cl)ccc2Br)c(Br)c1. The Balaban J connectivity index is 2.27. The summed E-state index contributed by atoms with van der Waals surface area (Å²) in [5.41, 5.74) is 7.35. The van der Waals surface area contributed by atoms with Crippen molar-refractivity contribution in [3.05, 3.63) is 61.5 Å². The first kappa shape index (κ1) is 16.4. The number of rotatable bonds is 3. The fourth-order valence-corrected chi connectivity index (χ4v) is 2.83. The lowest BCUT2D eigenvalue weighted by Crippen LogP contribution is -2.14. The number of benzene rings is 2. The van der Waals surface area contributed by atoms with Gasteiger partial charge in [0.1, 0.15) is 4.99 Å². The van der Waals surface area contributed by atoms with E-state index in [1.165, 1.54) is 0 Å². The molecule has 3 nitrogen and oxygen atoms in total. The van der Waals surface area contributed by atoms with E-state index in [2.05, 4.69) is 37.2 Å². The van der Waals surface area contributed by atoms with Crippen LogP contribution in [0.2, 0.25) is 5.02 Å². The molecule has 21 heavy (non-hydrogen) atoms. The standard InChI is InChI=1S/C14H9Br2ClN2OS/c15-10-3-2-8(17)6-9(10)14(20)19-12-4-1-7(13(18)21)5-11(12)16/h1-6H,(H2,18,21)(H,19,20). The number of hydrogen-bond donors (Lipinski definition) is 2. The van der Waals surface area contributed by atoms with Gasteiger partial charge in [-0.2, -0.15) is 0 Å². The number of anilines is 1. The second kappa shape index (κ2) is 6.87. The van der Waals surface area contributed by atoms with Gasteiger partial charge in [0, 0.05) is 19.5 Å². The molecule has 0 heterocycles. The first-order valence-electron chi connectivity index (χ1n) is 5.74. The average Bonchev–Trinajstić information content (AvgIpc) is 2.43. The van der Waals surface area contributed by atoms with Crippen molar-refractivity contribution in [1.29, 1.82) is 0 Å². The van der Waals surface area contributed by atoms with Crippen LogP contribution in [0.25, 0.3) is 0 Å². The van der Waals surface area contributed by atoms with Crippen LogP contribution in [0.5, 0.6) is 0 Å². The summed E-state index contributed by atoms with van der Waals surface area (Å²) in [6.45, 7) is 0. The van der Waals surface area contributed by atoms with E-state index < -0.39 is 0 Å². The Morgan fingerprint density at radius 2 is 1.86 bits per heavy atom. The van der Waals surface area contributed by atoms with Crippen LogP contribution in [-0.4, -0.2) is 10.9 Å². The Morgan fingerprint density at radius 3 is 2.48 bits per heavy atom. The van der Waals surface area contributed by atoms with E-state index in [1.54, 1.807) is 36.4 Å². The molecule has 0 aliphatic heterocycles. The van der Waals surface area contributed by atoms with Crippen molar-refractivity contribution < 1.29 is 4.79 Å². The highest BCUT2D eigenvalue weighted by atomic mass is 79.9. The Labute approximate surface area is 149 Å². The number of nitrogens with two attached hydrogens (primary N) is 1. The minimum Gasteiger partial charge on any atom is -0.389 e. The summed E-state index contributed by atoms with van der Waals surface area (Å²) in [4.78, 5) is 12.6.